The molecule has 0 bridgehead atoms. The number of rotatable bonds is 8. The van der Waals surface area contributed by atoms with E-state index in [1.807, 2.05) is 56.6 Å². The van der Waals surface area contributed by atoms with Gasteiger partial charge in [0.2, 0.25) is 5.91 Å². The van der Waals surface area contributed by atoms with Crippen molar-refractivity contribution in [1.29, 1.82) is 0 Å². The SMILES string of the molecule is Cc1c(-c2cnn(C)c2)nn(-c2ccccc2)c1CC(=O)N[C@@H]1CN(Cc2cc(Br)co2)C[C@H]1c1ccc(F)c(F)c1. The Kier molecular flexibility index (Phi) is 7.78. The lowest BCUT2D eigenvalue weighted by Crippen LogP contribution is -2.41. The Balaban J connectivity index is 1.28. The molecule has 1 amide bonds. The van der Waals surface area contributed by atoms with E-state index in [0.29, 0.717) is 25.2 Å². The molecule has 2 aromatic carbocycles. The predicted molar refractivity (Wildman–Crippen MR) is 157 cm³/mol. The molecule has 1 aliphatic heterocycles. The van der Waals surface area contributed by atoms with Gasteiger partial charge in [0.1, 0.15) is 12.0 Å². The van der Waals surface area contributed by atoms with Crippen molar-refractivity contribution >= 4 is 21.8 Å². The number of amides is 1. The van der Waals surface area contributed by atoms with Gasteiger partial charge in [-0.2, -0.15) is 10.2 Å². The van der Waals surface area contributed by atoms with Crippen LogP contribution in [0.15, 0.2) is 82.1 Å². The van der Waals surface area contributed by atoms with Gasteiger partial charge in [-0.3, -0.25) is 14.4 Å². The van der Waals surface area contributed by atoms with E-state index in [1.54, 1.807) is 27.9 Å². The fourth-order valence-corrected chi connectivity index (χ4v) is 6.00. The van der Waals surface area contributed by atoms with Crippen LogP contribution in [0.2, 0.25) is 0 Å². The first-order valence-electron chi connectivity index (χ1n) is 13.6. The predicted octanol–water partition coefficient (Wildman–Crippen LogP) is 5.54. The van der Waals surface area contributed by atoms with Crippen LogP contribution in [0.25, 0.3) is 16.9 Å². The third-order valence-electron chi connectivity index (χ3n) is 7.67. The number of hydrogen-bond acceptors (Lipinski definition) is 5. The summed E-state index contributed by atoms with van der Waals surface area (Å²) < 4.78 is 38.0. The second kappa shape index (κ2) is 11.7. The Bertz CT molecular complexity index is 1730. The summed E-state index contributed by atoms with van der Waals surface area (Å²) in [6.45, 7) is 3.54. The molecule has 1 aliphatic rings. The summed E-state index contributed by atoms with van der Waals surface area (Å²) in [6, 6.07) is 15.2. The molecule has 2 atom stereocenters. The minimum absolute atomic E-state index is 0.0835. The molecule has 6 rings (SSSR count). The summed E-state index contributed by atoms with van der Waals surface area (Å²) in [5, 5.41) is 12.4. The number of para-hydroxylation sites is 1. The molecule has 1 fully saturated rings. The number of nitrogens with one attached hydrogen (secondary N) is 1. The van der Waals surface area contributed by atoms with Crippen molar-refractivity contribution in [3.05, 3.63) is 112 Å². The number of carbonyl (C=O) groups excluding carboxylic acids is 1. The van der Waals surface area contributed by atoms with Crippen molar-refractivity contribution in [2.24, 2.45) is 7.05 Å². The second-order valence-electron chi connectivity index (χ2n) is 10.6. The molecule has 0 radical (unpaired) electrons. The number of furan rings is 1. The van der Waals surface area contributed by atoms with Crippen LogP contribution in [0.3, 0.4) is 0 Å². The number of aryl methyl sites for hydroxylation is 1. The largest absolute Gasteiger partial charge is 0.467 e. The molecule has 1 N–H and O–H groups in total. The Hall–Kier alpha value is -4.09. The van der Waals surface area contributed by atoms with Crippen LogP contribution in [0.1, 0.15) is 28.5 Å². The molecule has 216 valence electrons. The zero-order valence-electron chi connectivity index (χ0n) is 23.1. The second-order valence-corrected chi connectivity index (χ2v) is 11.5. The molecule has 8 nitrogen and oxygen atoms in total. The summed E-state index contributed by atoms with van der Waals surface area (Å²) in [4.78, 5) is 15.8. The van der Waals surface area contributed by atoms with E-state index in [2.05, 4.69) is 31.2 Å². The van der Waals surface area contributed by atoms with Gasteiger partial charge in [0.15, 0.2) is 11.6 Å². The lowest BCUT2D eigenvalue weighted by Gasteiger charge is -2.21. The maximum Gasteiger partial charge on any atom is 0.226 e. The van der Waals surface area contributed by atoms with Gasteiger partial charge in [-0.05, 0) is 64.3 Å². The highest BCUT2D eigenvalue weighted by atomic mass is 79.9. The molecule has 0 saturated carbocycles. The van der Waals surface area contributed by atoms with Gasteiger partial charge < -0.3 is 9.73 Å². The minimum atomic E-state index is -0.906. The van der Waals surface area contributed by atoms with Crippen molar-refractivity contribution < 1.29 is 18.0 Å². The minimum Gasteiger partial charge on any atom is -0.467 e. The van der Waals surface area contributed by atoms with Crippen LogP contribution in [-0.2, 0) is 24.8 Å². The molecule has 0 spiro atoms. The third-order valence-corrected chi connectivity index (χ3v) is 8.08. The fraction of sp³-hybridized carbons (Fsp3) is 0.258. The van der Waals surface area contributed by atoms with Crippen molar-refractivity contribution in [3.63, 3.8) is 0 Å². The molecule has 1 saturated heterocycles. The standard InChI is InChI=1S/C31H29BrF2N6O2/c1-19-29(40(23-6-4-3-5-7-23)37-31(19)21-13-35-38(2)14-21)12-30(41)36-28-17-39(15-24-11-22(32)18-42-24)16-25(28)20-8-9-26(33)27(34)10-20/h3-11,13-14,18,25,28H,12,15-17H2,1-2H3,(H,36,41)/t25-,28+/m0/s1. The van der Waals surface area contributed by atoms with Gasteiger partial charge >= 0.3 is 0 Å². The van der Waals surface area contributed by atoms with Crippen molar-refractivity contribution in [2.45, 2.75) is 31.8 Å². The normalized spacial score (nSPS) is 17.2. The number of likely N-dealkylation sites (tertiary alicyclic amines) is 1. The highest BCUT2D eigenvalue weighted by Crippen LogP contribution is 2.31. The van der Waals surface area contributed by atoms with Crippen LogP contribution in [0, 0.1) is 18.6 Å². The molecule has 42 heavy (non-hydrogen) atoms. The molecular weight excluding hydrogens is 606 g/mol. The topological polar surface area (TPSA) is 81.1 Å². The van der Waals surface area contributed by atoms with Crippen LogP contribution >= 0.6 is 15.9 Å². The van der Waals surface area contributed by atoms with Gasteiger partial charge in [0.05, 0.1) is 40.7 Å². The van der Waals surface area contributed by atoms with E-state index in [0.717, 1.165) is 44.5 Å². The number of halogens is 3. The monoisotopic (exact) mass is 634 g/mol. The maximum absolute atomic E-state index is 14.2. The summed E-state index contributed by atoms with van der Waals surface area (Å²) >= 11 is 3.41. The Morgan fingerprint density at radius 1 is 1.12 bits per heavy atom. The fourth-order valence-electron chi connectivity index (χ4n) is 5.65. The summed E-state index contributed by atoms with van der Waals surface area (Å²) in [5.41, 5.74) is 4.74. The Morgan fingerprint density at radius 2 is 1.93 bits per heavy atom. The smallest absolute Gasteiger partial charge is 0.226 e. The molecule has 4 heterocycles. The molecule has 11 heteroatoms. The van der Waals surface area contributed by atoms with E-state index in [9.17, 15) is 13.6 Å². The average Bonchev–Trinajstić information content (AvgIpc) is 3.75. The Morgan fingerprint density at radius 3 is 2.62 bits per heavy atom. The van der Waals surface area contributed by atoms with Gasteiger partial charge in [-0.25, -0.2) is 13.5 Å². The quantitative estimate of drug-likeness (QED) is 0.242. The molecule has 0 unspecified atom stereocenters. The summed E-state index contributed by atoms with van der Waals surface area (Å²) in [5.74, 6) is -1.47. The van der Waals surface area contributed by atoms with Gasteiger partial charge in [0.25, 0.3) is 0 Å². The van der Waals surface area contributed by atoms with Gasteiger partial charge in [0, 0.05) is 43.9 Å². The molecule has 0 aliphatic carbocycles. The van der Waals surface area contributed by atoms with Crippen LogP contribution in [-0.4, -0.2) is 49.5 Å². The van der Waals surface area contributed by atoms with E-state index in [1.165, 1.54) is 6.07 Å². The van der Waals surface area contributed by atoms with Crippen LogP contribution in [0.4, 0.5) is 8.78 Å². The van der Waals surface area contributed by atoms with Gasteiger partial charge in [-0.1, -0.05) is 24.3 Å². The first-order valence-corrected chi connectivity index (χ1v) is 14.4. The van der Waals surface area contributed by atoms with Crippen LogP contribution in [0.5, 0.6) is 0 Å². The molecule has 5 aromatic rings. The Labute approximate surface area is 250 Å². The van der Waals surface area contributed by atoms with Crippen molar-refractivity contribution in [2.75, 3.05) is 13.1 Å². The van der Waals surface area contributed by atoms with Gasteiger partial charge in [-0.15, -0.1) is 0 Å². The van der Waals surface area contributed by atoms with Crippen molar-refractivity contribution in [1.82, 2.24) is 29.8 Å². The van der Waals surface area contributed by atoms with E-state index >= 15 is 0 Å². The number of aromatic nitrogens is 4. The highest BCUT2D eigenvalue weighted by molar-refractivity contribution is 9.10. The van der Waals surface area contributed by atoms with E-state index in [4.69, 9.17) is 9.52 Å². The summed E-state index contributed by atoms with van der Waals surface area (Å²) in [7, 11) is 1.85. The number of carbonyl (C=O) groups is 1. The number of hydrogen-bond donors (Lipinski definition) is 1. The third kappa shape index (κ3) is 5.79. The first kappa shape index (κ1) is 28.0. The number of benzene rings is 2. The average molecular weight is 636 g/mol. The summed E-state index contributed by atoms with van der Waals surface area (Å²) in [6.07, 6.45) is 5.35. The lowest BCUT2D eigenvalue weighted by molar-refractivity contribution is -0.121. The zero-order chi connectivity index (χ0) is 29.4. The zero-order valence-corrected chi connectivity index (χ0v) is 24.7. The van der Waals surface area contributed by atoms with Crippen molar-refractivity contribution in [3.8, 4) is 16.9 Å². The molecule has 3 aromatic heterocycles. The van der Waals surface area contributed by atoms with E-state index < -0.39 is 11.6 Å². The maximum atomic E-state index is 14.2. The highest BCUT2D eigenvalue weighted by Gasteiger charge is 2.36. The first-order chi connectivity index (χ1) is 20.2. The molecular formula is C31H29BrF2N6O2. The lowest BCUT2D eigenvalue weighted by atomic mass is 9.94. The van der Waals surface area contributed by atoms with E-state index in [-0.39, 0.29) is 24.3 Å². The van der Waals surface area contributed by atoms with Crippen LogP contribution < -0.4 is 5.32 Å². The number of nitrogens with zero attached hydrogens (tertiary/aromatic N) is 5.